The van der Waals surface area contributed by atoms with E-state index in [9.17, 15) is 9.59 Å². The van der Waals surface area contributed by atoms with E-state index in [1.807, 2.05) is 62.4 Å². The molecule has 4 aromatic rings. The molecule has 2 heterocycles. The number of nitrogens with zero attached hydrogens (tertiary/aromatic N) is 2. The second kappa shape index (κ2) is 9.14. The number of aromatic nitrogens is 2. The van der Waals surface area contributed by atoms with Gasteiger partial charge in [-0.15, -0.1) is 0 Å². The topological polar surface area (TPSA) is 72.7 Å². The van der Waals surface area contributed by atoms with Gasteiger partial charge in [0.25, 0.3) is 11.5 Å². The second-order valence-corrected chi connectivity index (χ2v) is 9.52. The summed E-state index contributed by atoms with van der Waals surface area (Å²) >= 11 is 0. The van der Waals surface area contributed by atoms with Crippen LogP contribution in [0.15, 0.2) is 71.7 Å². The highest BCUT2D eigenvalue weighted by atomic mass is 16.5. The van der Waals surface area contributed by atoms with E-state index < -0.39 is 0 Å². The molecule has 0 aliphatic heterocycles. The van der Waals surface area contributed by atoms with Crippen LogP contribution in [-0.4, -0.2) is 15.3 Å². The summed E-state index contributed by atoms with van der Waals surface area (Å²) in [6.07, 6.45) is 1.70. The van der Waals surface area contributed by atoms with E-state index in [1.54, 1.807) is 12.3 Å². The molecule has 0 radical (unpaired) electrons. The molecule has 0 saturated heterocycles. The Balaban J connectivity index is 1.49. The van der Waals surface area contributed by atoms with Crippen molar-refractivity contribution in [3.05, 3.63) is 105 Å². The number of hydrogen-bond donors (Lipinski definition) is 1. The van der Waals surface area contributed by atoms with Crippen molar-refractivity contribution in [2.45, 2.75) is 46.6 Å². The molecule has 0 fully saturated rings. The first-order valence-corrected chi connectivity index (χ1v) is 11.2. The Labute approximate surface area is 199 Å². The summed E-state index contributed by atoms with van der Waals surface area (Å²) < 4.78 is 7.51. The smallest absolute Gasteiger partial charge is 0.258 e. The van der Waals surface area contributed by atoms with E-state index in [4.69, 9.17) is 4.74 Å². The molecule has 0 aliphatic rings. The average Bonchev–Trinajstić information content (AvgIpc) is 2.79. The van der Waals surface area contributed by atoms with Crippen molar-refractivity contribution in [1.29, 1.82) is 0 Å². The highest BCUT2D eigenvalue weighted by Crippen LogP contribution is 2.25. The third-order valence-corrected chi connectivity index (χ3v) is 5.77. The molecule has 6 nitrogen and oxygen atoms in total. The third-order valence-electron chi connectivity index (χ3n) is 5.77. The summed E-state index contributed by atoms with van der Waals surface area (Å²) in [6, 6.07) is 18.4. The van der Waals surface area contributed by atoms with Crippen molar-refractivity contribution in [2.75, 3.05) is 5.32 Å². The number of benzene rings is 2. The lowest BCUT2D eigenvalue weighted by molar-refractivity contribution is 0.102. The Morgan fingerprint density at radius 3 is 2.44 bits per heavy atom. The van der Waals surface area contributed by atoms with Crippen LogP contribution in [0.25, 0.3) is 5.65 Å². The van der Waals surface area contributed by atoms with Gasteiger partial charge in [-0.2, -0.15) is 0 Å². The highest BCUT2D eigenvalue weighted by Gasteiger charge is 2.15. The fourth-order valence-electron chi connectivity index (χ4n) is 3.69. The van der Waals surface area contributed by atoms with Gasteiger partial charge in [-0.3, -0.25) is 14.0 Å². The maximum absolute atomic E-state index is 12.7. The number of nitrogens with one attached hydrogen (secondary N) is 1. The number of ether oxygens (including phenoxy) is 1. The maximum Gasteiger partial charge on any atom is 0.258 e. The van der Waals surface area contributed by atoms with Crippen LogP contribution >= 0.6 is 0 Å². The summed E-state index contributed by atoms with van der Waals surface area (Å²) in [7, 11) is 0. The van der Waals surface area contributed by atoms with Crippen molar-refractivity contribution in [1.82, 2.24) is 9.38 Å². The van der Waals surface area contributed by atoms with E-state index in [0.717, 1.165) is 11.1 Å². The first-order valence-electron chi connectivity index (χ1n) is 11.2. The highest BCUT2D eigenvalue weighted by molar-refractivity contribution is 6.04. The number of fused-ring (bicyclic) bond motifs is 1. The molecule has 0 aliphatic carbocycles. The van der Waals surface area contributed by atoms with Crippen LogP contribution in [0, 0.1) is 13.8 Å². The van der Waals surface area contributed by atoms with Gasteiger partial charge in [-0.1, -0.05) is 45.0 Å². The van der Waals surface area contributed by atoms with E-state index in [1.165, 1.54) is 16.0 Å². The quantitative estimate of drug-likeness (QED) is 0.435. The Morgan fingerprint density at radius 2 is 1.74 bits per heavy atom. The molecule has 6 heteroatoms. The number of carbonyl (C=O) groups is 1. The second-order valence-electron chi connectivity index (χ2n) is 9.52. The monoisotopic (exact) mass is 455 g/mol. The van der Waals surface area contributed by atoms with E-state index in [2.05, 4.69) is 31.1 Å². The van der Waals surface area contributed by atoms with Gasteiger partial charge in [0.15, 0.2) is 0 Å². The number of rotatable bonds is 5. The predicted octanol–water partition coefficient (Wildman–Crippen LogP) is 5.44. The number of carbonyl (C=O) groups excluding carboxylic acids is 1. The fourth-order valence-corrected chi connectivity index (χ4v) is 3.69. The number of hydrogen-bond acceptors (Lipinski definition) is 4. The third kappa shape index (κ3) is 5.01. The van der Waals surface area contributed by atoms with Gasteiger partial charge >= 0.3 is 0 Å². The molecule has 0 atom stereocenters. The molecule has 1 amide bonds. The standard InChI is InChI=1S/C28H29N3O3/c1-18-8-13-22(30-27(33)20-9-11-21(12-10-20)28(3,4)5)15-24(18)34-17-23-16-25(32)31-14-6-7-19(2)26(31)29-23/h6-16H,17H2,1-5H3,(H,30,33). The molecule has 0 spiro atoms. The van der Waals surface area contributed by atoms with Gasteiger partial charge in [0.2, 0.25) is 0 Å². The molecule has 2 aromatic heterocycles. The van der Waals surface area contributed by atoms with Gasteiger partial charge in [0.1, 0.15) is 18.0 Å². The van der Waals surface area contributed by atoms with Gasteiger partial charge < -0.3 is 10.1 Å². The van der Waals surface area contributed by atoms with E-state index in [-0.39, 0.29) is 23.5 Å². The molecular formula is C28H29N3O3. The molecule has 174 valence electrons. The summed E-state index contributed by atoms with van der Waals surface area (Å²) in [4.78, 5) is 29.8. The van der Waals surface area contributed by atoms with Crippen molar-refractivity contribution in [2.24, 2.45) is 0 Å². The van der Waals surface area contributed by atoms with Crippen molar-refractivity contribution in [3.63, 3.8) is 0 Å². The van der Waals surface area contributed by atoms with Crippen molar-refractivity contribution in [3.8, 4) is 5.75 Å². The summed E-state index contributed by atoms with van der Waals surface area (Å²) in [5, 5.41) is 2.94. The molecule has 1 N–H and O–H groups in total. The number of pyridine rings is 1. The summed E-state index contributed by atoms with van der Waals surface area (Å²) in [5.74, 6) is 0.433. The van der Waals surface area contributed by atoms with Gasteiger partial charge in [-0.05, 0) is 60.2 Å². The minimum absolute atomic E-state index is 0.0301. The van der Waals surface area contributed by atoms with Crippen LogP contribution in [0.4, 0.5) is 5.69 Å². The van der Waals surface area contributed by atoms with Crippen LogP contribution in [0.5, 0.6) is 5.75 Å². The zero-order valence-corrected chi connectivity index (χ0v) is 20.2. The number of anilines is 1. The molecular weight excluding hydrogens is 426 g/mol. The normalized spacial score (nSPS) is 11.4. The largest absolute Gasteiger partial charge is 0.487 e. The van der Waals surface area contributed by atoms with Gasteiger partial charge in [0.05, 0.1) is 5.69 Å². The lowest BCUT2D eigenvalue weighted by Gasteiger charge is -2.19. The maximum atomic E-state index is 12.7. The lowest BCUT2D eigenvalue weighted by atomic mass is 9.87. The Morgan fingerprint density at radius 1 is 1.00 bits per heavy atom. The number of amides is 1. The zero-order chi connectivity index (χ0) is 24.5. The molecule has 0 saturated carbocycles. The minimum Gasteiger partial charge on any atom is -0.487 e. The van der Waals surface area contributed by atoms with Gasteiger partial charge in [0, 0.05) is 29.6 Å². The Hall–Kier alpha value is -3.93. The Bertz CT molecular complexity index is 1410. The molecule has 0 bridgehead atoms. The predicted molar refractivity (Wildman–Crippen MR) is 135 cm³/mol. The fraction of sp³-hybridized carbons (Fsp3) is 0.250. The van der Waals surface area contributed by atoms with Crippen LogP contribution in [0.2, 0.25) is 0 Å². The van der Waals surface area contributed by atoms with Crippen molar-refractivity contribution >= 4 is 17.2 Å². The molecule has 2 aromatic carbocycles. The zero-order valence-electron chi connectivity index (χ0n) is 20.2. The first-order chi connectivity index (χ1) is 16.1. The molecule has 4 rings (SSSR count). The van der Waals surface area contributed by atoms with E-state index >= 15 is 0 Å². The number of aryl methyl sites for hydroxylation is 2. The van der Waals surface area contributed by atoms with Crippen LogP contribution < -0.4 is 15.6 Å². The van der Waals surface area contributed by atoms with Crippen LogP contribution in [0.3, 0.4) is 0 Å². The summed E-state index contributed by atoms with van der Waals surface area (Å²) in [5.41, 5.74) is 5.27. The minimum atomic E-state index is -0.185. The van der Waals surface area contributed by atoms with Gasteiger partial charge in [-0.25, -0.2) is 4.98 Å². The average molecular weight is 456 g/mol. The SMILES string of the molecule is Cc1ccc(NC(=O)c2ccc(C(C)(C)C)cc2)cc1OCc1cc(=O)n2cccc(C)c2n1. The lowest BCUT2D eigenvalue weighted by Crippen LogP contribution is -2.17. The van der Waals surface area contributed by atoms with Crippen LogP contribution in [0.1, 0.15) is 53.5 Å². The first kappa shape index (κ1) is 23.2. The van der Waals surface area contributed by atoms with E-state index in [0.29, 0.717) is 28.3 Å². The molecule has 34 heavy (non-hydrogen) atoms. The Kier molecular flexibility index (Phi) is 6.24. The summed E-state index contributed by atoms with van der Waals surface area (Å²) in [6.45, 7) is 10.4. The van der Waals surface area contributed by atoms with Crippen molar-refractivity contribution < 1.29 is 9.53 Å². The van der Waals surface area contributed by atoms with Crippen LogP contribution in [-0.2, 0) is 12.0 Å². The molecule has 0 unspecified atom stereocenters.